The molecule has 126 valence electrons. The number of nitrogens with zero attached hydrogens (tertiary/aromatic N) is 3. The van der Waals surface area contributed by atoms with Gasteiger partial charge in [-0.25, -0.2) is 4.98 Å². The Morgan fingerprint density at radius 3 is 2.88 bits per heavy atom. The molecule has 4 rings (SSSR count). The van der Waals surface area contributed by atoms with Gasteiger partial charge in [-0.3, -0.25) is 9.78 Å². The van der Waals surface area contributed by atoms with Crippen LogP contribution in [0.5, 0.6) is 5.75 Å². The third-order valence-corrected chi connectivity index (χ3v) is 4.27. The molecule has 6 nitrogen and oxygen atoms in total. The molecule has 1 aliphatic heterocycles. The van der Waals surface area contributed by atoms with Gasteiger partial charge in [0.1, 0.15) is 17.2 Å². The van der Waals surface area contributed by atoms with E-state index in [-0.39, 0.29) is 5.91 Å². The summed E-state index contributed by atoms with van der Waals surface area (Å²) in [5.74, 6) is 1.84. The van der Waals surface area contributed by atoms with E-state index in [2.05, 4.69) is 9.97 Å². The number of oxazole rings is 1. The number of hydrogen-bond acceptors (Lipinski definition) is 5. The molecule has 2 aromatic heterocycles. The fourth-order valence-electron chi connectivity index (χ4n) is 2.97. The number of amides is 1. The summed E-state index contributed by atoms with van der Waals surface area (Å²) in [6.07, 6.45) is 3.79. The number of fused-ring (bicyclic) bond motifs is 1. The molecule has 1 aromatic carbocycles. The largest absolute Gasteiger partial charge is 0.494 e. The van der Waals surface area contributed by atoms with E-state index in [1.165, 1.54) is 7.11 Å². The summed E-state index contributed by atoms with van der Waals surface area (Å²) in [5, 5.41) is 0. The van der Waals surface area contributed by atoms with Crippen molar-refractivity contribution in [1.29, 1.82) is 0 Å². The molecule has 1 amide bonds. The fourth-order valence-corrected chi connectivity index (χ4v) is 2.97. The number of ether oxygens (including phenoxy) is 1. The van der Waals surface area contributed by atoms with Crippen molar-refractivity contribution in [1.82, 2.24) is 14.9 Å². The van der Waals surface area contributed by atoms with Crippen molar-refractivity contribution in [2.24, 2.45) is 0 Å². The molecule has 3 aromatic rings. The van der Waals surface area contributed by atoms with Crippen molar-refractivity contribution in [2.75, 3.05) is 13.7 Å². The highest BCUT2D eigenvalue weighted by Crippen LogP contribution is 2.27. The quantitative estimate of drug-likeness (QED) is 0.736. The van der Waals surface area contributed by atoms with E-state index in [1.807, 2.05) is 30.3 Å². The molecule has 0 radical (unpaired) electrons. The third-order valence-electron chi connectivity index (χ3n) is 4.27. The molecule has 0 saturated heterocycles. The number of rotatable bonds is 3. The zero-order chi connectivity index (χ0) is 17.2. The Morgan fingerprint density at radius 2 is 2.08 bits per heavy atom. The molecule has 3 heterocycles. The number of carbonyl (C=O) groups excluding carboxylic acids is 1. The average Bonchev–Trinajstić information content (AvgIpc) is 3.11. The zero-order valence-electron chi connectivity index (χ0n) is 13.8. The second kappa shape index (κ2) is 6.39. The first kappa shape index (κ1) is 15.4. The first-order valence-corrected chi connectivity index (χ1v) is 8.07. The molecule has 0 aliphatic carbocycles. The summed E-state index contributed by atoms with van der Waals surface area (Å²) in [7, 11) is 1.53. The van der Waals surface area contributed by atoms with E-state index in [0.29, 0.717) is 36.7 Å². The zero-order valence-corrected chi connectivity index (χ0v) is 13.8. The minimum atomic E-state index is -0.0887. The van der Waals surface area contributed by atoms with Gasteiger partial charge in [0.05, 0.1) is 25.4 Å². The second-order valence-corrected chi connectivity index (χ2v) is 5.81. The van der Waals surface area contributed by atoms with Crippen LogP contribution < -0.4 is 4.74 Å². The Kier molecular flexibility index (Phi) is 3.93. The van der Waals surface area contributed by atoms with Crippen LogP contribution in [0.3, 0.4) is 0 Å². The molecule has 0 unspecified atom stereocenters. The number of aromatic nitrogens is 2. The molecule has 0 fully saturated rings. The van der Waals surface area contributed by atoms with E-state index in [4.69, 9.17) is 9.15 Å². The maximum absolute atomic E-state index is 12.8. The lowest BCUT2D eigenvalue weighted by Gasteiger charge is -2.25. The standard InChI is InChI=1S/C19H17N3O3/c1-24-17-11-20-9-7-14(17)19(23)22-10-8-16-15(12-22)21-18(25-16)13-5-3-2-4-6-13/h2-7,9,11H,8,10,12H2,1H3. The van der Waals surface area contributed by atoms with E-state index in [0.717, 1.165) is 17.0 Å². The number of benzene rings is 1. The molecule has 0 spiro atoms. The molecular formula is C19H17N3O3. The first-order valence-electron chi connectivity index (χ1n) is 8.07. The van der Waals surface area contributed by atoms with Crippen LogP contribution in [-0.2, 0) is 13.0 Å². The van der Waals surface area contributed by atoms with Crippen molar-refractivity contribution < 1.29 is 13.9 Å². The molecule has 1 aliphatic rings. The Hall–Kier alpha value is -3.15. The van der Waals surface area contributed by atoms with Crippen LogP contribution in [0.1, 0.15) is 21.8 Å². The Bertz CT molecular complexity index is 905. The van der Waals surface area contributed by atoms with Crippen LogP contribution in [0.2, 0.25) is 0 Å². The van der Waals surface area contributed by atoms with E-state index in [1.54, 1.807) is 23.4 Å². The molecule has 0 atom stereocenters. The first-order chi connectivity index (χ1) is 12.3. The van der Waals surface area contributed by atoms with Crippen molar-refractivity contribution in [3.8, 4) is 17.2 Å². The molecule has 0 saturated carbocycles. The molecule has 6 heteroatoms. The SMILES string of the molecule is COc1cnccc1C(=O)N1CCc2oc(-c3ccccc3)nc2C1. The number of carbonyl (C=O) groups is 1. The van der Waals surface area contributed by atoms with Crippen LogP contribution in [0.25, 0.3) is 11.5 Å². The lowest BCUT2D eigenvalue weighted by atomic mass is 10.1. The van der Waals surface area contributed by atoms with Crippen molar-refractivity contribution in [3.05, 3.63) is 65.8 Å². The summed E-state index contributed by atoms with van der Waals surface area (Å²) in [4.78, 5) is 23.2. The van der Waals surface area contributed by atoms with Gasteiger partial charge in [0.2, 0.25) is 5.89 Å². The average molecular weight is 335 g/mol. The van der Waals surface area contributed by atoms with Gasteiger partial charge in [-0.15, -0.1) is 0 Å². The summed E-state index contributed by atoms with van der Waals surface area (Å²) in [6, 6.07) is 11.4. The second-order valence-electron chi connectivity index (χ2n) is 5.81. The highest BCUT2D eigenvalue weighted by molar-refractivity contribution is 5.96. The predicted octanol–water partition coefficient (Wildman–Crippen LogP) is 2.94. The van der Waals surface area contributed by atoms with Gasteiger partial charge in [0, 0.05) is 24.7 Å². The van der Waals surface area contributed by atoms with Gasteiger partial charge in [-0.2, -0.15) is 0 Å². The molecular weight excluding hydrogens is 318 g/mol. The topological polar surface area (TPSA) is 68.5 Å². The molecule has 0 N–H and O–H groups in total. The van der Waals surface area contributed by atoms with E-state index >= 15 is 0 Å². The highest BCUT2D eigenvalue weighted by Gasteiger charge is 2.27. The monoisotopic (exact) mass is 335 g/mol. The maximum Gasteiger partial charge on any atom is 0.258 e. The van der Waals surface area contributed by atoms with Crippen LogP contribution in [0, 0.1) is 0 Å². The van der Waals surface area contributed by atoms with Crippen molar-refractivity contribution in [2.45, 2.75) is 13.0 Å². The van der Waals surface area contributed by atoms with Crippen LogP contribution in [-0.4, -0.2) is 34.4 Å². The predicted molar refractivity (Wildman–Crippen MR) is 91.2 cm³/mol. The highest BCUT2D eigenvalue weighted by atomic mass is 16.5. The third kappa shape index (κ3) is 2.87. The van der Waals surface area contributed by atoms with Gasteiger partial charge in [-0.1, -0.05) is 18.2 Å². The van der Waals surface area contributed by atoms with E-state index < -0.39 is 0 Å². The minimum Gasteiger partial charge on any atom is -0.494 e. The Morgan fingerprint density at radius 1 is 1.24 bits per heavy atom. The maximum atomic E-state index is 12.8. The van der Waals surface area contributed by atoms with Gasteiger partial charge in [-0.05, 0) is 18.2 Å². The lowest BCUT2D eigenvalue weighted by Crippen LogP contribution is -2.36. The minimum absolute atomic E-state index is 0.0887. The van der Waals surface area contributed by atoms with Gasteiger partial charge in [0.25, 0.3) is 5.91 Å². The van der Waals surface area contributed by atoms with Gasteiger partial charge in [0.15, 0.2) is 0 Å². The van der Waals surface area contributed by atoms with Crippen molar-refractivity contribution in [3.63, 3.8) is 0 Å². The van der Waals surface area contributed by atoms with E-state index in [9.17, 15) is 4.79 Å². The summed E-state index contributed by atoms with van der Waals surface area (Å²) in [5.41, 5.74) is 2.25. The summed E-state index contributed by atoms with van der Waals surface area (Å²) < 4.78 is 11.1. The van der Waals surface area contributed by atoms with Gasteiger partial charge >= 0.3 is 0 Å². The summed E-state index contributed by atoms with van der Waals surface area (Å²) >= 11 is 0. The van der Waals surface area contributed by atoms with Crippen LogP contribution >= 0.6 is 0 Å². The fraction of sp³-hybridized carbons (Fsp3) is 0.211. The Balaban J connectivity index is 1.59. The molecule has 0 bridgehead atoms. The summed E-state index contributed by atoms with van der Waals surface area (Å²) in [6.45, 7) is 1.01. The number of pyridine rings is 1. The normalized spacial score (nSPS) is 13.4. The van der Waals surface area contributed by atoms with Crippen LogP contribution in [0.4, 0.5) is 0 Å². The number of hydrogen-bond donors (Lipinski definition) is 0. The smallest absolute Gasteiger partial charge is 0.258 e. The lowest BCUT2D eigenvalue weighted by molar-refractivity contribution is 0.0724. The molecule has 25 heavy (non-hydrogen) atoms. The Labute approximate surface area is 145 Å². The van der Waals surface area contributed by atoms with Crippen LogP contribution in [0.15, 0.2) is 53.2 Å². The van der Waals surface area contributed by atoms with Crippen molar-refractivity contribution >= 4 is 5.91 Å². The van der Waals surface area contributed by atoms with Gasteiger partial charge < -0.3 is 14.1 Å². The number of methoxy groups -OCH3 is 1.